The summed E-state index contributed by atoms with van der Waals surface area (Å²) in [5.41, 5.74) is -3.33. The first kappa shape index (κ1) is 24.9. The molecular formula is C28H44O6. The maximum absolute atomic E-state index is 13.3. The van der Waals surface area contributed by atoms with E-state index in [1.54, 1.807) is 13.0 Å². The number of hydrogen-bond acceptors (Lipinski definition) is 6. The molecule has 4 N–H and O–H groups in total. The van der Waals surface area contributed by atoms with Gasteiger partial charge in [-0.25, -0.2) is 0 Å². The number of ether oxygens (including phenoxy) is 1. The fourth-order valence-electron chi connectivity index (χ4n) is 8.78. The van der Waals surface area contributed by atoms with E-state index in [1.165, 1.54) is 0 Å². The van der Waals surface area contributed by atoms with Gasteiger partial charge in [0.25, 0.3) is 0 Å². The van der Waals surface area contributed by atoms with Crippen LogP contribution in [0.4, 0.5) is 0 Å². The number of hydrogen-bond donors (Lipinski definition) is 4. The number of ketones is 1. The first-order valence-corrected chi connectivity index (χ1v) is 13.4. The zero-order valence-electron chi connectivity index (χ0n) is 21.7. The average Bonchev–Trinajstić information content (AvgIpc) is 3.50. The second kappa shape index (κ2) is 7.38. The monoisotopic (exact) mass is 476 g/mol. The Bertz CT molecular complexity index is 907. The molecule has 1 heterocycles. The number of allylic oxidation sites excluding steroid dienone is 1. The summed E-state index contributed by atoms with van der Waals surface area (Å²) >= 11 is 0. The van der Waals surface area contributed by atoms with Gasteiger partial charge in [-0.15, -0.1) is 0 Å². The summed E-state index contributed by atoms with van der Waals surface area (Å²) in [6.07, 6.45) is 5.19. The molecule has 0 unspecified atom stereocenters. The fraction of sp³-hybridized carbons (Fsp3) is 0.893. The van der Waals surface area contributed by atoms with E-state index in [1.807, 2.05) is 20.8 Å². The largest absolute Gasteiger partial charge is 0.393 e. The summed E-state index contributed by atoms with van der Waals surface area (Å²) in [4.78, 5) is 13.3. The molecule has 0 spiro atoms. The molecule has 0 aromatic carbocycles. The topological polar surface area (TPSA) is 111 Å². The summed E-state index contributed by atoms with van der Waals surface area (Å²) in [7, 11) is 0. The Labute approximate surface area is 203 Å². The van der Waals surface area contributed by atoms with E-state index >= 15 is 0 Å². The van der Waals surface area contributed by atoms with Crippen LogP contribution in [0.15, 0.2) is 11.6 Å². The van der Waals surface area contributed by atoms with Crippen LogP contribution < -0.4 is 0 Å². The zero-order chi connectivity index (χ0) is 25.1. The van der Waals surface area contributed by atoms with E-state index in [4.69, 9.17) is 4.74 Å². The Balaban J connectivity index is 1.47. The highest BCUT2D eigenvalue weighted by atomic mass is 16.6. The standard InChI is InChI=1S/C28H44O6/c1-15(2)26(5,31)22-23(34-22)27(6,32)21-9-12-28(33)18-14-20(30)19-13-16(29)7-10-24(19,3)17(18)8-11-25(21,28)4/h14-17,19,21-23,29,31-33H,7-13H2,1-6H3/t16-,17-,19-,21-,22-,23-,24+,25+,26+,27+,28+/m0/s1. The van der Waals surface area contributed by atoms with Gasteiger partial charge in [-0.05, 0) is 93.6 Å². The molecule has 6 nitrogen and oxygen atoms in total. The summed E-state index contributed by atoms with van der Waals surface area (Å²) in [5.74, 6) is -0.239. The predicted molar refractivity (Wildman–Crippen MR) is 128 cm³/mol. The van der Waals surface area contributed by atoms with Gasteiger partial charge in [-0.1, -0.05) is 27.7 Å². The number of aliphatic hydroxyl groups is 4. The van der Waals surface area contributed by atoms with Crippen LogP contribution in [0.2, 0.25) is 0 Å². The molecule has 192 valence electrons. The van der Waals surface area contributed by atoms with Gasteiger partial charge in [0.15, 0.2) is 5.78 Å². The Hall–Kier alpha value is -0.790. The molecule has 0 bridgehead atoms. The lowest BCUT2D eigenvalue weighted by Gasteiger charge is -2.60. The lowest BCUT2D eigenvalue weighted by Crippen LogP contribution is -2.61. The third kappa shape index (κ3) is 3.08. The van der Waals surface area contributed by atoms with Crippen LogP contribution in [0.5, 0.6) is 0 Å². The van der Waals surface area contributed by atoms with Crippen molar-refractivity contribution in [1.29, 1.82) is 0 Å². The molecule has 3 saturated carbocycles. The number of rotatable bonds is 4. The molecule has 4 aliphatic carbocycles. The van der Waals surface area contributed by atoms with Gasteiger partial charge in [0.2, 0.25) is 0 Å². The number of carbonyl (C=O) groups excluding carboxylic acids is 1. The van der Waals surface area contributed by atoms with Crippen molar-refractivity contribution in [3.63, 3.8) is 0 Å². The molecule has 0 amide bonds. The van der Waals surface area contributed by atoms with E-state index in [0.29, 0.717) is 25.7 Å². The highest BCUT2D eigenvalue weighted by molar-refractivity contribution is 5.95. The van der Waals surface area contributed by atoms with Crippen LogP contribution in [0.3, 0.4) is 0 Å². The third-order valence-electron chi connectivity index (χ3n) is 11.6. The molecule has 0 aromatic rings. The molecule has 5 rings (SSSR count). The van der Waals surface area contributed by atoms with Gasteiger partial charge in [0.1, 0.15) is 12.2 Å². The molecule has 1 saturated heterocycles. The van der Waals surface area contributed by atoms with Crippen molar-refractivity contribution in [2.24, 2.45) is 34.5 Å². The Morgan fingerprint density at radius 3 is 2.35 bits per heavy atom. The van der Waals surface area contributed by atoms with Crippen LogP contribution in [-0.4, -0.2) is 61.3 Å². The van der Waals surface area contributed by atoms with E-state index in [0.717, 1.165) is 24.8 Å². The molecule has 1 aliphatic heterocycles. The Morgan fingerprint density at radius 1 is 1.03 bits per heavy atom. The summed E-state index contributed by atoms with van der Waals surface area (Å²) in [5, 5.41) is 45.3. The van der Waals surface area contributed by atoms with Gasteiger partial charge >= 0.3 is 0 Å². The van der Waals surface area contributed by atoms with Gasteiger partial charge in [0.05, 0.1) is 22.9 Å². The minimum atomic E-state index is -1.20. The quantitative estimate of drug-likeness (QED) is 0.464. The lowest BCUT2D eigenvalue weighted by molar-refractivity contribution is -0.152. The maximum Gasteiger partial charge on any atom is 0.159 e. The minimum absolute atomic E-state index is 0.00839. The SMILES string of the molecule is CC(C)[C@@](C)(O)[C@H]1O[C@@H]1[C@](C)(O)[C@H]1CC[C@@]2(O)C3=CC(=O)[C@@H]4C[C@@H](O)CC[C@]4(C)[C@H]3CC[C@]12C. The van der Waals surface area contributed by atoms with Crippen LogP contribution >= 0.6 is 0 Å². The first-order chi connectivity index (χ1) is 15.6. The van der Waals surface area contributed by atoms with E-state index in [9.17, 15) is 25.2 Å². The van der Waals surface area contributed by atoms with Crippen LogP contribution in [0.25, 0.3) is 0 Å². The first-order valence-electron chi connectivity index (χ1n) is 13.4. The van der Waals surface area contributed by atoms with E-state index in [-0.39, 0.29) is 34.9 Å². The molecule has 4 fully saturated rings. The molecule has 5 aliphatic rings. The normalized spacial score (nSPS) is 51.6. The van der Waals surface area contributed by atoms with Gasteiger partial charge in [0, 0.05) is 11.3 Å². The molecule has 11 atom stereocenters. The number of fused-ring (bicyclic) bond motifs is 5. The van der Waals surface area contributed by atoms with Crippen molar-refractivity contribution in [3.8, 4) is 0 Å². The summed E-state index contributed by atoms with van der Waals surface area (Å²) in [6, 6.07) is 0. The van der Waals surface area contributed by atoms with Crippen molar-refractivity contribution in [3.05, 3.63) is 11.6 Å². The van der Waals surface area contributed by atoms with Crippen LogP contribution in [-0.2, 0) is 9.53 Å². The molecule has 0 aromatic heterocycles. The second-order valence-electron chi connectivity index (χ2n) is 13.5. The van der Waals surface area contributed by atoms with Crippen molar-refractivity contribution < 1.29 is 30.0 Å². The number of epoxide rings is 1. The third-order valence-corrected chi connectivity index (χ3v) is 11.6. The molecular weight excluding hydrogens is 432 g/mol. The smallest absolute Gasteiger partial charge is 0.159 e. The molecule has 0 radical (unpaired) electrons. The maximum atomic E-state index is 13.3. The summed E-state index contributed by atoms with van der Waals surface area (Å²) in [6.45, 7) is 11.8. The summed E-state index contributed by atoms with van der Waals surface area (Å²) < 4.78 is 5.92. The second-order valence-corrected chi connectivity index (χ2v) is 13.5. The van der Waals surface area contributed by atoms with Crippen LogP contribution in [0.1, 0.15) is 86.5 Å². The zero-order valence-corrected chi connectivity index (χ0v) is 21.7. The van der Waals surface area contributed by atoms with Crippen molar-refractivity contribution in [1.82, 2.24) is 0 Å². The predicted octanol–water partition coefficient (Wildman–Crippen LogP) is 3.15. The van der Waals surface area contributed by atoms with Gasteiger partial charge < -0.3 is 25.2 Å². The van der Waals surface area contributed by atoms with Gasteiger partial charge in [-0.3, -0.25) is 4.79 Å². The van der Waals surface area contributed by atoms with Crippen molar-refractivity contribution >= 4 is 5.78 Å². The van der Waals surface area contributed by atoms with Crippen LogP contribution in [0, 0.1) is 34.5 Å². The van der Waals surface area contributed by atoms with Crippen molar-refractivity contribution in [2.45, 2.75) is 122 Å². The van der Waals surface area contributed by atoms with Crippen molar-refractivity contribution in [2.75, 3.05) is 0 Å². The fourth-order valence-corrected chi connectivity index (χ4v) is 8.78. The highest BCUT2D eigenvalue weighted by Crippen LogP contribution is 2.69. The van der Waals surface area contributed by atoms with E-state index < -0.39 is 40.5 Å². The minimum Gasteiger partial charge on any atom is -0.393 e. The average molecular weight is 477 g/mol. The van der Waals surface area contributed by atoms with Gasteiger partial charge in [-0.2, -0.15) is 0 Å². The highest BCUT2D eigenvalue weighted by Gasteiger charge is 2.72. The Kier molecular flexibility index (Phi) is 5.40. The Morgan fingerprint density at radius 2 is 1.71 bits per heavy atom. The molecule has 34 heavy (non-hydrogen) atoms. The number of carbonyl (C=O) groups is 1. The van der Waals surface area contributed by atoms with E-state index in [2.05, 4.69) is 13.8 Å². The molecule has 6 heteroatoms. The number of aliphatic hydroxyl groups excluding tert-OH is 1. The lowest BCUT2D eigenvalue weighted by atomic mass is 9.46.